The van der Waals surface area contributed by atoms with Crippen LogP contribution >= 0.6 is 0 Å². The molecule has 0 radical (unpaired) electrons. The van der Waals surface area contributed by atoms with E-state index in [0.717, 1.165) is 21.9 Å². The van der Waals surface area contributed by atoms with Crippen molar-refractivity contribution in [1.82, 2.24) is 0 Å². The highest BCUT2D eigenvalue weighted by atomic mass is 16.3. The second kappa shape index (κ2) is 9.86. The van der Waals surface area contributed by atoms with Crippen LogP contribution in [-0.4, -0.2) is 0 Å². The van der Waals surface area contributed by atoms with Crippen LogP contribution in [0.2, 0.25) is 0 Å². The molecule has 0 spiro atoms. The zero-order chi connectivity index (χ0) is 34.2. The van der Waals surface area contributed by atoms with E-state index in [9.17, 15) is 0 Å². The molecule has 2 aliphatic carbocycles. The van der Waals surface area contributed by atoms with Gasteiger partial charge in [0, 0.05) is 21.6 Å². The summed E-state index contributed by atoms with van der Waals surface area (Å²) >= 11 is 0. The normalized spacial score (nSPS) is 15.0. The highest BCUT2D eigenvalue weighted by molar-refractivity contribution is 6.22. The molecule has 0 aliphatic heterocycles. The molecule has 0 saturated heterocycles. The maximum atomic E-state index is 6.23. The van der Waals surface area contributed by atoms with E-state index in [1.165, 1.54) is 88.3 Å². The molecule has 1 aromatic heterocycles. The predicted octanol–water partition coefficient (Wildman–Crippen LogP) is 13.8. The van der Waals surface area contributed by atoms with E-state index >= 15 is 0 Å². The van der Waals surface area contributed by atoms with Crippen LogP contribution in [0.25, 0.3) is 88.0 Å². The van der Waals surface area contributed by atoms with E-state index in [1.807, 2.05) is 6.07 Å². The average molecular weight is 653 g/mol. The fourth-order valence-corrected chi connectivity index (χ4v) is 9.82. The fourth-order valence-electron chi connectivity index (χ4n) is 9.82. The van der Waals surface area contributed by atoms with Crippen molar-refractivity contribution in [2.45, 2.75) is 38.5 Å². The molecular formula is C50H36O. The van der Waals surface area contributed by atoms with Gasteiger partial charge in [0.15, 0.2) is 0 Å². The van der Waals surface area contributed by atoms with E-state index in [1.54, 1.807) is 0 Å². The van der Waals surface area contributed by atoms with Gasteiger partial charge in [-0.1, -0.05) is 149 Å². The predicted molar refractivity (Wildman–Crippen MR) is 215 cm³/mol. The van der Waals surface area contributed by atoms with Crippen molar-refractivity contribution >= 4 is 43.5 Å². The van der Waals surface area contributed by atoms with E-state index < -0.39 is 0 Å². The summed E-state index contributed by atoms with van der Waals surface area (Å²) in [6.45, 7) is 9.56. The van der Waals surface area contributed by atoms with Gasteiger partial charge in [0.05, 0.1) is 0 Å². The topological polar surface area (TPSA) is 13.1 Å². The van der Waals surface area contributed by atoms with Crippen molar-refractivity contribution in [1.29, 1.82) is 0 Å². The molecule has 242 valence electrons. The summed E-state index contributed by atoms with van der Waals surface area (Å²) in [5, 5.41) is 7.36. The quantitative estimate of drug-likeness (QED) is 0.169. The molecule has 51 heavy (non-hydrogen) atoms. The zero-order valence-corrected chi connectivity index (χ0v) is 29.3. The van der Waals surface area contributed by atoms with Crippen LogP contribution in [0.1, 0.15) is 49.9 Å². The molecule has 0 fully saturated rings. The first kappa shape index (κ1) is 28.9. The van der Waals surface area contributed by atoms with Crippen LogP contribution in [0.5, 0.6) is 0 Å². The van der Waals surface area contributed by atoms with Gasteiger partial charge in [-0.3, -0.25) is 0 Å². The molecule has 0 amide bonds. The second-order valence-electron chi connectivity index (χ2n) is 15.6. The van der Waals surface area contributed by atoms with Crippen molar-refractivity contribution < 1.29 is 4.42 Å². The summed E-state index contributed by atoms with van der Waals surface area (Å²) in [6.07, 6.45) is 0. The summed E-state index contributed by atoms with van der Waals surface area (Å²) in [5.74, 6) is 0. The zero-order valence-electron chi connectivity index (χ0n) is 29.3. The van der Waals surface area contributed by atoms with Crippen LogP contribution in [0.15, 0.2) is 150 Å². The van der Waals surface area contributed by atoms with Gasteiger partial charge in [-0.2, -0.15) is 0 Å². The van der Waals surface area contributed by atoms with Crippen molar-refractivity contribution in [3.63, 3.8) is 0 Å². The maximum absolute atomic E-state index is 6.23. The minimum atomic E-state index is -0.0935. The molecule has 1 heteroatoms. The third kappa shape index (κ3) is 3.71. The summed E-state index contributed by atoms with van der Waals surface area (Å²) in [5.41, 5.74) is 18.0. The minimum absolute atomic E-state index is 0.0422. The van der Waals surface area contributed by atoms with Crippen LogP contribution in [0.3, 0.4) is 0 Å². The van der Waals surface area contributed by atoms with Gasteiger partial charge in [-0.25, -0.2) is 0 Å². The molecule has 11 rings (SSSR count). The molecule has 9 aromatic rings. The number of para-hydroxylation sites is 1. The molecule has 2 aliphatic rings. The molecule has 0 atom stereocenters. The molecule has 0 unspecified atom stereocenters. The lowest BCUT2D eigenvalue weighted by molar-refractivity contribution is 0.651. The van der Waals surface area contributed by atoms with Crippen molar-refractivity contribution in [2.75, 3.05) is 0 Å². The molecule has 8 aromatic carbocycles. The Bertz CT molecular complexity index is 2910. The van der Waals surface area contributed by atoms with E-state index in [0.29, 0.717) is 0 Å². The van der Waals surface area contributed by atoms with E-state index in [-0.39, 0.29) is 10.8 Å². The standard InChI is InChI=1S/C50H36O/c1-49(2)39-19-11-9-18-36(39)47-41(49)24-25-42-48(47)38-28-29(21-23-40(38)50(42,3)4)45-32-14-5-7-16-34(32)46(35-17-8-6-15-33(35)45)30-22-26-44-37(27-30)31-13-10-12-20-43(31)51-44/h5-28H,1-4H3. The van der Waals surface area contributed by atoms with Crippen LogP contribution in [0.4, 0.5) is 0 Å². The lowest BCUT2D eigenvalue weighted by Crippen LogP contribution is -2.17. The molecule has 1 nitrogen and oxygen atoms in total. The highest BCUT2D eigenvalue weighted by Gasteiger charge is 2.43. The first-order valence-corrected chi connectivity index (χ1v) is 18.1. The Kier molecular flexibility index (Phi) is 5.58. The van der Waals surface area contributed by atoms with E-state index in [4.69, 9.17) is 4.42 Å². The first-order chi connectivity index (χ1) is 24.8. The fraction of sp³-hybridized carbons (Fsp3) is 0.120. The Morgan fingerprint density at radius 3 is 1.43 bits per heavy atom. The van der Waals surface area contributed by atoms with Gasteiger partial charge in [0.2, 0.25) is 0 Å². The molecule has 0 bridgehead atoms. The number of benzene rings is 8. The Morgan fingerprint density at radius 2 is 0.784 bits per heavy atom. The largest absolute Gasteiger partial charge is 0.456 e. The Hall–Kier alpha value is -5.92. The molecular weight excluding hydrogens is 617 g/mol. The summed E-state index contributed by atoms with van der Waals surface area (Å²) in [7, 11) is 0. The van der Waals surface area contributed by atoms with Crippen molar-refractivity contribution in [3.05, 3.63) is 168 Å². The molecule has 0 saturated carbocycles. The smallest absolute Gasteiger partial charge is 0.135 e. The van der Waals surface area contributed by atoms with Crippen LogP contribution in [0, 0.1) is 0 Å². The summed E-state index contributed by atoms with van der Waals surface area (Å²) in [6, 6.07) is 54.2. The number of rotatable bonds is 2. The number of fused-ring (bicyclic) bond motifs is 12. The third-order valence-electron chi connectivity index (χ3n) is 12.3. The van der Waals surface area contributed by atoms with Crippen LogP contribution < -0.4 is 0 Å². The van der Waals surface area contributed by atoms with Crippen LogP contribution in [-0.2, 0) is 10.8 Å². The Balaban J connectivity index is 1.19. The lowest BCUT2D eigenvalue weighted by atomic mass is 9.79. The second-order valence-corrected chi connectivity index (χ2v) is 15.6. The van der Waals surface area contributed by atoms with Gasteiger partial charge >= 0.3 is 0 Å². The first-order valence-electron chi connectivity index (χ1n) is 18.1. The minimum Gasteiger partial charge on any atom is -0.456 e. The van der Waals surface area contributed by atoms with E-state index in [2.05, 4.69) is 167 Å². The number of furan rings is 1. The number of hydrogen-bond donors (Lipinski definition) is 0. The Labute approximate surface area is 297 Å². The average Bonchev–Trinajstić information content (AvgIpc) is 3.73. The summed E-state index contributed by atoms with van der Waals surface area (Å²) < 4.78 is 6.23. The summed E-state index contributed by atoms with van der Waals surface area (Å²) in [4.78, 5) is 0. The molecule has 0 N–H and O–H groups in total. The SMILES string of the molecule is CC1(C)c2ccccc2-c2c1ccc1c2-c2cc(-c3c4ccccc4c(-c4ccc5oc6ccccc6c5c4)c4ccccc34)ccc2C1(C)C. The van der Waals surface area contributed by atoms with Gasteiger partial charge in [0.25, 0.3) is 0 Å². The van der Waals surface area contributed by atoms with Crippen molar-refractivity contribution in [2.24, 2.45) is 0 Å². The van der Waals surface area contributed by atoms with Gasteiger partial charge < -0.3 is 4.42 Å². The third-order valence-corrected chi connectivity index (χ3v) is 12.3. The highest BCUT2D eigenvalue weighted by Crippen LogP contribution is 2.59. The maximum Gasteiger partial charge on any atom is 0.135 e. The molecule has 1 heterocycles. The number of hydrogen-bond acceptors (Lipinski definition) is 1. The Morgan fingerprint density at radius 1 is 0.333 bits per heavy atom. The van der Waals surface area contributed by atoms with Crippen molar-refractivity contribution in [3.8, 4) is 44.5 Å². The van der Waals surface area contributed by atoms with Gasteiger partial charge in [0.1, 0.15) is 11.2 Å². The van der Waals surface area contributed by atoms with Gasteiger partial charge in [-0.05, 0) is 113 Å². The van der Waals surface area contributed by atoms with Gasteiger partial charge in [-0.15, -0.1) is 0 Å². The lowest BCUT2D eigenvalue weighted by Gasteiger charge is -2.24. The monoisotopic (exact) mass is 652 g/mol.